The second kappa shape index (κ2) is 7.60. The number of nitro benzene ring substituents is 1. The van der Waals surface area contributed by atoms with Crippen molar-refractivity contribution in [1.29, 1.82) is 0 Å². The summed E-state index contributed by atoms with van der Waals surface area (Å²) in [5.74, 6) is -0.607. The van der Waals surface area contributed by atoms with Crippen LogP contribution in [-0.2, 0) is 16.0 Å². The zero-order valence-corrected chi connectivity index (χ0v) is 16.9. The number of nitrogens with zero attached hydrogens (tertiary/aromatic N) is 3. The number of carbonyl (C=O) groups is 2. The summed E-state index contributed by atoms with van der Waals surface area (Å²) in [4.78, 5) is 42.8. The second-order valence-corrected chi connectivity index (χ2v) is 7.43. The number of H-pyrrole nitrogens is 1. The van der Waals surface area contributed by atoms with Crippen LogP contribution in [0.2, 0.25) is 0 Å². The fraction of sp³-hybridized carbons (Fsp3) is 0.182. The molecule has 9 nitrogen and oxygen atoms in total. The number of nitrogens with one attached hydrogen (secondary N) is 1. The molecule has 31 heavy (non-hydrogen) atoms. The molecular formula is C22H20N4O5. The standard InChI is InChI=1S/C22H20N4O5/c1-24-18(10-13-5-3-6-15(27)9-13)21(28)25(2)19(22(24)29)11-14-12-23-16-7-4-8-17(20(14)16)26(30)31/h3-10,12,19,23,27H,11H2,1-2H3/b18-10+/t19-/m0/s1. The predicted octanol–water partition coefficient (Wildman–Crippen LogP) is 2.66. The van der Waals surface area contributed by atoms with Crippen LogP contribution >= 0.6 is 0 Å². The Morgan fingerprint density at radius 1 is 1.19 bits per heavy atom. The van der Waals surface area contributed by atoms with Gasteiger partial charge in [0.15, 0.2) is 0 Å². The maximum absolute atomic E-state index is 13.1. The molecule has 0 bridgehead atoms. The summed E-state index contributed by atoms with van der Waals surface area (Å²) in [6.07, 6.45) is 3.32. The number of hydrogen-bond acceptors (Lipinski definition) is 5. The van der Waals surface area contributed by atoms with Crippen molar-refractivity contribution in [3.63, 3.8) is 0 Å². The molecule has 0 radical (unpaired) electrons. The van der Waals surface area contributed by atoms with Gasteiger partial charge in [0, 0.05) is 32.8 Å². The van der Waals surface area contributed by atoms with Gasteiger partial charge in [0.05, 0.1) is 15.8 Å². The first-order valence-electron chi connectivity index (χ1n) is 9.56. The minimum absolute atomic E-state index is 0.0520. The Bertz CT molecular complexity index is 1250. The zero-order chi connectivity index (χ0) is 22.3. The molecule has 1 aliphatic rings. The number of aromatic nitrogens is 1. The Kier molecular flexibility index (Phi) is 4.94. The quantitative estimate of drug-likeness (QED) is 0.382. The van der Waals surface area contributed by atoms with Crippen LogP contribution in [0, 0.1) is 10.1 Å². The molecule has 3 aromatic rings. The van der Waals surface area contributed by atoms with Crippen molar-refractivity contribution in [2.75, 3.05) is 14.1 Å². The molecule has 0 saturated carbocycles. The molecule has 4 rings (SSSR count). The van der Waals surface area contributed by atoms with Crippen molar-refractivity contribution in [2.45, 2.75) is 12.5 Å². The summed E-state index contributed by atoms with van der Waals surface area (Å²) < 4.78 is 0. The van der Waals surface area contributed by atoms with Gasteiger partial charge in [-0.15, -0.1) is 0 Å². The van der Waals surface area contributed by atoms with E-state index in [4.69, 9.17) is 0 Å². The number of phenolic OH excluding ortho intramolecular Hbond substituents is 1. The first kappa shape index (κ1) is 20.1. The first-order chi connectivity index (χ1) is 14.8. The number of rotatable bonds is 4. The Hall–Kier alpha value is -4.14. The highest BCUT2D eigenvalue weighted by Crippen LogP contribution is 2.31. The third kappa shape index (κ3) is 3.50. The molecule has 0 spiro atoms. The van der Waals surface area contributed by atoms with Gasteiger partial charge in [-0.3, -0.25) is 19.7 Å². The molecule has 1 aromatic heterocycles. The fourth-order valence-electron chi connectivity index (χ4n) is 3.89. The molecule has 2 aromatic carbocycles. The Morgan fingerprint density at radius 2 is 1.94 bits per heavy atom. The average Bonchev–Trinajstić information content (AvgIpc) is 3.16. The van der Waals surface area contributed by atoms with Gasteiger partial charge >= 0.3 is 0 Å². The Balaban J connectivity index is 1.68. The maximum atomic E-state index is 13.1. The van der Waals surface area contributed by atoms with Gasteiger partial charge in [-0.1, -0.05) is 18.2 Å². The fourth-order valence-corrected chi connectivity index (χ4v) is 3.89. The number of amides is 2. The summed E-state index contributed by atoms with van der Waals surface area (Å²) in [7, 11) is 3.06. The summed E-state index contributed by atoms with van der Waals surface area (Å²) in [6, 6.07) is 10.3. The molecule has 0 unspecified atom stereocenters. The third-order valence-corrected chi connectivity index (χ3v) is 5.53. The van der Waals surface area contributed by atoms with E-state index in [1.165, 1.54) is 42.1 Å². The van der Waals surface area contributed by atoms with Crippen LogP contribution in [0.4, 0.5) is 5.69 Å². The summed E-state index contributed by atoms with van der Waals surface area (Å²) in [5.41, 5.74) is 1.90. The van der Waals surface area contributed by atoms with E-state index in [-0.39, 0.29) is 35.4 Å². The van der Waals surface area contributed by atoms with Gasteiger partial charge in [0.25, 0.3) is 11.6 Å². The lowest BCUT2D eigenvalue weighted by molar-refractivity contribution is -0.383. The molecular weight excluding hydrogens is 400 g/mol. The number of aromatic hydroxyl groups is 1. The number of benzene rings is 2. The monoisotopic (exact) mass is 420 g/mol. The number of phenols is 1. The molecule has 1 aliphatic heterocycles. The lowest BCUT2D eigenvalue weighted by atomic mass is 9.99. The van der Waals surface area contributed by atoms with E-state index in [2.05, 4.69) is 4.98 Å². The lowest BCUT2D eigenvalue weighted by Crippen LogP contribution is -2.56. The molecule has 2 amide bonds. The highest BCUT2D eigenvalue weighted by Gasteiger charge is 2.39. The topological polar surface area (TPSA) is 120 Å². The number of fused-ring (bicyclic) bond motifs is 1. The molecule has 1 atom stereocenters. The summed E-state index contributed by atoms with van der Waals surface area (Å²) in [6.45, 7) is 0. The summed E-state index contributed by atoms with van der Waals surface area (Å²) >= 11 is 0. The summed E-state index contributed by atoms with van der Waals surface area (Å²) in [5, 5.41) is 21.5. The molecule has 158 valence electrons. The Labute approximate surface area is 177 Å². The van der Waals surface area contributed by atoms with Crippen LogP contribution in [0.25, 0.3) is 17.0 Å². The van der Waals surface area contributed by atoms with Crippen molar-refractivity contribution < 1.29 is 19.6 Å². The second-order valence-electron chi connectivity index (χ2n) is 7.43. The molecule has 1 fully saturated rings. The van der Waals surface area contributed by atoms with E-state index in [9.17, 15) is 24.8 Å². The van der Waals surface area contributed by atoms with Crippen LogP contribution in [0.3, 0.4) is 0 Å². The van der Waals surface area contributed by atoms with Crippen LogP contribution in [0.5, 0.6) is 5.75 Å². The van der Waals surface area contributed by atoms with E-state index >= 15 is 0 Å². The number of hydrogen-bond donors (Lipinski definition) is 2. The van der Waals surface area contributed by atoms with Gasteiger partial charge in [0.2, 0.25) is 5.91 Å². The van der Waals surface area contributed by atoms with Crippen LogP contribution in [0.1, 0.15) is 11.1 Å². The number of likely N-dealkylation sites (N-methyl/N-ethyl adjacent to an activating group) is 2. The smallest absolute Gasteiger partial charge is 0.279 e. The highest BCUT2D eigenvalue weighted by molar-refractivity contribution is 6.07. The zero-order valence-electron chi connectivity index (χ0n) is 16.9. The number of carbonyl (C=O) groups excluding carboxylic acids is 2. The number of non-ortho nitro benzene ring substituents is 1. The average molecular weight is 420 g/mol. The van der Waals surface area contributed by atoms with E-state index in [0.29, 0.717) is 22.0 Å². The van der Waals surface area contributed by atoms with Crippen molar-refractivity contribution in [3.8, 4) is 5.75 Å². The number of aromatic amines is 1. The molecule has 0 aliphatic carbocycles. The van der Waals surface area contributed by atoms with Crippen LogP contribution < -0.4 is 0 Å². The maximum Gasteiger partial charge on any atom is 0.279 e. The van der Waals surface area contributed by atoms with Crippen molar-refractivity contribution in [3.05, 3.63) is 75.6 Å². The molecule has 1 saturated heterocycles. The van der Waals surface area contributed by atoms with Gasteiger partial charge in [-0.2, -0.15) is 0 Å². The minimum Gasteiger partial charge on any atom is -0.508 e. The SMILES string of the molecule is CN1C(=O)[C@H](Cc2c[nH]c3cccc([N+](=O)[O-])c23)N(C)C(=O)/C1=C\c1cccc(O)c1. The van der Waals surface area contributed by atoms with Gasteiger partial charge in [0.1, 0.15) is 17.5 Å². The normalized spacial score (nSPS) is 18.3. The third-order valence-electron chi connectivity index (χ3n) is 5.53. The Morgan fingerprint density at radius 3 is 2.65 bits per heavy atom. The number of nitro groups is 1. The molecule has 2 N–H and O–H groups in total. The van der Waals surface area contributed by atoms with Gasteiger partial charge in [-0.05, 0) is 35.4 Å². The molecule has 9 heteroatoms. The van der Waals surface area contributed by atoms with Crippen molar-refractivity contribution in [1.82, 2.24) is 14.8 Å². The lowest BCUT2D eigenvalue weighted by Gasteiger charge is -2.38. The first-order valence-corrected chi connectivity index (χ1v) is 9.56. The predicted molar refractivity (Wildman–Crippen MR) is 114 cm³/mol. The van der Waals surface area contributed by atoms with Crippen LogP contribution in [-0.4, -0.2) is 56.8 Å². The van der Waals surface area contributed by atoms with E-state index in [1.54, 1.807) is 36.5 Å². The van der Waals surface area contributed by atoms with Crippen molar-refractivity contribution >= 4 is 34.5 Å². The van der Waals surface area contributed by atoms with E-state index in [0.717, 1.165) is 0 Å². The van der Waals surface area contributed by atoms with Gasteiger partial charge in [-0.25, -0.2) is 0 Å². The highest BCUT2D eigenvalue weighted by atomic mass is 16.6. The minimum atomic E-state index is -0.808. The van der Waals surface area contributed by atoms with Crippen molar-refractivity contribution in [2.24, 2.45) is 0 Å². The van der Waals surface area contributed by atoms with Gasteiger partial charge < -0.3 is 19.9 Å². The van der Waals surface area contributed by atoms with Crippen LogP contribution in [0.15, 0.2) is 54.4 Å². The largest absolute Gasteiger partial charge is 0.508 e. The van der Waals surface area contributed by atoms with E-state index in [1.807, 2.05) is 0 Å². The van der Waals surface area contributed by atoms with E-state index < -0.39 is 11.0 Å². The number of piperazine rings is 1. The molecule has 2 heterocycles.